The number of likely N-dealkylation sites (tertiary alicyclic amines) is 1. The molecule has 2 N–H and O–H groups in total. The number of benzene rings is 1. The van der Waals surface area contributed by atoms with E-state index in [4.69, 9.17) is 0 Å². The van der Waals surface area contributed by atoms with Crippen molar-refractivity contribution in [1.29, 1.82) is 0 Å². The number of hydrogen-bond acceptors (Lipinski definition) is 4. The van der Waals surface area contributed by atoms with Gasteiger partial charge < -0.3 is 15.3 Å². The second-order valence-electron chi connectivity index (χ2n) is 7.64. The van der Waals surface area contributed by atoms with Crippen LogP contribution in [0, 0.1) is 0 Å². The molecule has 2 aliphatic rings. The summed E-state index contributed by atoms with van der Waals surface area (Å²) < 4.78 is 1.92. The van der Waals surface area contributed by atoms with Gasteiger partial charge in [-0.15, -0.1) is 0 Å². The van der Waals surface area contributed by atoms with E-state index < -0.39 is 6.10 Å². The van der Waals surface area contributed by atoms with E-state index >= 15 is 0 Å². The molecule has 1 fully saturated rings. The van der Waals surface area contributed by atoms with Gasteiger partial charge in [0.15, 0.2) is 0 Å². The molecular weight excluding hydrogens is 316 g/mol. The summed E-state index contributed by atoms with van der Waals surface area (Å²) in [6.45, 7) is 5.29. The number of fused-ring (bicyclic) bond motifs is 1. The first kappa shape index (κ1) is 16.1. The van der Waals surface area contributed by atoms with Crippen molar-refractivity contribution >= 4 is 11.7 Å². The molecule has 2 aliphatic heterocycles. The summed E-state index contributed by atoms with van der Waals surface area (Å²) in [4.78, 5) is 14.6. The molecule has 0 aliphatic carbocycles. The zero-order valence-corrected chi connectivity index (χ0v) is 14.6. The van der Waals surface area contributed by atoms with Gasteiger partial charge in [-0.25, -0.2) is 4.68 Å². The van der Waals surface area contributed by atoms with Gasteiger partial charge in [-0.3, -0.25) is 4.79 Å². The highest BCUT2D eigenvalue weighted by Crippen LogP contribution is 2.40. The maximum atomic E-state index is 12.9. The van der Waals surface area contributed by atoms with Gasteiger partial charge in [0, 0.05) is 13.1 Å². The number of carbonyl (C=O) groups excluding carboxylic acids is 1. The second-order valence-corrected chi connectivity index (χ2v) is 7.64. The Labute approximate surface area is 147 Å². The van der Waals surface area contributed by atoms with Crippen LogP contribution >= 0.6 is 0 Å². The number of nitrogens with zero attached hydrogens (tertiary/aromatic N) is 3. The SMILES string of the molecule is CC1(C)CC(c2ccccc2)Nc2c(C(=O)N3CC[C@@H](O)C3)cnn21. The van der Waals surface area contributed by atoms with Gasteiger partial charge in [0.2, 0.25) is 0 Å². The molecule has 3 heterocycles. The normalized spacial score (nSPS) is 24.7. The third-order valence-corrected chi connectivity index (χ3v) is 5.24. The lowest BCUT2D eigenvalue weighted by Gasteiger charge is -2.38. The van der Waals surface area contributed by atoms with Crippen LogP contribution < -0.4 is 5.32 Å². The Balaban J connectivity index is 1.68. The zero-order chi connectivity index (χ0) is 17.6. The Kier molecular flexibility index (Phi) is 3.80. The number of aliphatic hydroxyl groups excluding tert-OH is 1. The molecule has 0 radical (unpaired) electrons. The number of nitrogens with one attached hydrogen (secondary N) is 1. The molecule has 132 valence electrons. The Morgan fingerprint density at radius 1 is 1.32 bits per heavy atom. The molecular formula is C19H24N4O2. The largest absolute Gasteiger partial charge is 0.391 e. The van der Waals surface area contributed by atoms with E-state index in [9.17, 15) is 9.90 Å². The predicted octanol–water partition coefficient (Wildman–Crippen LogP) is 2.38. The molecule has 6 nitrogen and oxygen atoms in total. The summed E-state index contributed by atoms with van der Waals surface area (Å²) >= 11 is 0. The standard InChI is InChI=1S/C19H24N4O2/c1-19(2)10-16(13-6-4-3-5-7-13)21-17-15(11-20-23(17)19)18(25)22-9-8-14(24)12-22/h3-7,11,14,16,21,24H,8-10,12H2,1-2H3/t14-,16?/m1/s1. The Morgan fingerprint density at radius 2 is 2.08 bits per heavy atom. The Bertz CT molecular complexity index is 784. The molecule has 0 bridgehead atoms. The van der Waals surface area contributed by atoms with Gasteiger partial charge in [0.1, 0.15) is 11.4 Å². The van der Waals surface area contributed by atoms with Crippen molar-refractivity contribution < 1.29 is 9.90 Å². The van der Waals surface area contributed by atoms with Crippen molar-refractivity contribution in [2.24, 2.45) is 0 Å². The topological polar surface area (TPSA) is 70.4 Å². The van der Waals surface area contributed by atoms with Crippen LogP contribution in [-0.4, -0.2) is 44.9 Å². The van der Waals surface area contributed by atoms with Crippen LogP contribution in [0.4, 0.5) is 5.82 Å². The van der Waals surface area contributed by atoms with Crippen molar-refractivity contribution in [2.75, 3.05) is 18.4 Å². The van der Waals surface area contributed by atoms with Gasteiger partial charge in [0.05, 0.1) is 23.9 Å². The monoisotopic (exact) mass is 340 g/mol. The van der Waals surface area contributed by atoms with Crippen LogP contribution in [0.2, 0.25) is 0 Å². The van der Waals surface area contributed by atoms with Crippen molar-refractivity contribution in [1.82, 2.24) is 14.7 Å². The number of carbonyl (C=O) groups is 1. The van der Waals surface area contributed by atoms with Gasteiger partial charge in [0.25, 0.3) is 5.91 Å². The Hall–Kier alpha value is -2.34. The number of anilines is 1. The quantitative estimate of drug-likeness (QED) is 0.881. The molecule has 25 heavy (non-hydrogen) atoms. The fraction of sp³-hybridized carbons (Fsp3) is 0.474. The molecule has 1 aromatic heterocycles. The van der Waals surface area contributed by atoms with E-state index in [0.717, 1.165) is 12.2 Å². The number of rotatable bonds is 2. The maximum Gasteiger partial charge on any atom is 0.259 e. The lowest BCUT2D eigenvalue weighted by atomic mass is 9.89. The number of aliphatic hydroxyl groups is 1. The van der Waals surface area contributed by atoms with E-state index in [0.29, 0.717) is 25.1 Å². The highest BCUT2D eigenvalue weighted by molar-refractivity contribution is 5.99. The molecule has 0 saturated carbocycles. The minimum absolute atomic E-state index is 0.0604. The third kappa shape index (κ3) is 2.80. The fourth-order valence-electron chi connectivity index (χ4n) is 3.89. The Morgan fingerprint density at radius 3 is 2.76 bits per heavy atom. The summed E-state index contributed by atoms with van der Waals surface area (Å²) in [5.74, 6) is 0.714. The highest BCUT2D eigenvalue weighted by Gasteiger charge is 2.38. The van der Waals surface area contributed by atoms with Crippen LogP contribution in [0.3, 0.4) is 0 Å². The second kappa shape index (κ2) is 5.88. The highest BCUT2D eigenvalue weighted by atomic mass is 16.3. The molecule has 1 amide bonds. The average Bonchev–Trinajstić information content (AvgIpc) is 3.21. The number of amides is 1. The molecule has 1 saturated heterocycles. The zero-order valence-electron chi connectivity index (χ0n) is 14.6. The molecule has 1 aromatic carbocycles. The maximum absolute atomic E-state index is 12.9. The first-order valence-electron chi connectivity index (χ1n) is 8.83. The summed E-state index contributed by atoms with van der Waals surface area (Å²) in [5.41, 5.74) is 1.60. The van der Waals surface area contributed by atoms with Crippen molar-refractivity contribution in [3.63, 3.8) is 0 Å². The summed E-state index contributed by atoms with van der Waals surface area (Å²) in [6, 6.07) is 10.4. The van der Waals surface area contributed by atoms with E-state index in [1.54, 1.807) is 11.1 Å². The number of aromatic nitrogens is 2. The lowest BCUT2D eigenvalue weighted by Crippen LogP contribution is -2.38. The molecule has 6 heteroatoms. The smallest absolute Gasteiger partial charge is 0.259 e. The fourth-order valence-corrected chi connectivity index (χ4v) is 3.89. The summed E-state index contributed by atoms with van der Waals surface area (Å²) in [5, 5.41) is 17.7. The first-order valence-corrected chi connectivity index (χ1v) is 8.83. The third-order valence-electron chi connectivity index (χ3n) is 5.24. The molecule has 1 unspecified atom stereocenters. The van der Waals surface area contributed by atoms with Crippen LogP contribution in [0.5, 0.6) is 0 Å². The van der Waals surface area contributed by atoms with Crippen LogP contribution in [0.1, 0.15) is 48.7 Å². The average molecular weight is 340 g/mol. The van der Waals surface area contributed by atoms with Gasteiger partial charge in [-0.05, 0) is 32.3 Å². The molecule has 0 spiro atoms. The van der Waals surface area contributed by atoms with Crippen LogP contribution in [0.25, 0.3) is 0 Å². The van der Waals surface area contributed by atoms with Crippen molar-refractivity contribution in [2.45, 2.75) is 44.4 Å². The molecule has 4 rings (SSSR count). The first-order chi connectivity index (χ1) is 12.0. The van der Waals surface area contributed by atoms with E-state index in [2.05, 4.69) is 36.4 Å². The lowest BCUT2D eigenvalue weighted by molar-refractivity contribution is 0.0765. The minimum Gasteiger partial charge on any atom is -0.391 e. The predicted molar refractivity (Wildman–Crippen MR) is 95.5 cm³/mol. The summed E-state index contributed by atoms with van der Waals surface area (Å²) in [7, 11) is 0. The van der Waals surface area contributed by atoms with Crippen molar-refractivity contribution in [3.05, 3.63) is 47.7 Å². The number of β-amino-alcohol motifs (C(OH)–C–C–N with tert-alkyl or cyclic N) is 1. The van der Waals surface area contributed by atoms with Gasteiger partial charge >= 0.3 is 0 Å². The van der Waals surface area contributed by atoms with Gasteiger partial charge in [-0.1, -0.05) is 30.3 Å². The van der Waals surface area contributed by atoms with Crippen LogP contribution in [0.15, 0.2) is 36.5 Å². The van der Waals surface area contributed by atoms with Crippen molar-refractivity contribution in [3.8, 4) is 0 Å². The van der Waals surface area contributed by atoms with Crippen LogP contribution in [-0.2, 0) is 5.54 Å². The minimum atomic E-state index is -0.420. The van der Waals surface area contributed by atoms with E-state index in [-0.39, 0.29) is 17.5 Å². The number of hydrogen-bond donors (Lipinski definition) is 2. The summed E-state index contributed by atoms with van der Waals surface area (Å²) in [6.07, 6.45) is 2.77. The van der Waals surface area contributed by atoms with Gasteiger partial charge in [-0.2, -0.15) is 5.10 Å². The molecule has 2 atom stereocenters. The molecule has 2 aromatic rings. The van der Waals surface area contributed by atoms with E-state index in [1.165, 1.54) is 5.56 Å². The van der Waals surface area contributed by atoms with E-state index in [1.807, 2.05) is 22.9 Å².